The van der Waals surface area contributed by atoms with E-state index in [9.17, 15) is 0 Å². The second-order valence-electron chi connectivity index (χ2n) is 4.66. The predicted molar refractivity (Wildman–Crippen MR) is 79.3 cm³/mol. The summed E-state index contributed by atoms with van der Waals surface area (Å²) in [6.45, 7) is 2.94. The molecule has 0 bridgehead atoms. The zero-order valence-electron chi connectivity index (χ0n) is 11.4. The van der Waals surface area contributed by atoms with Crippen LogP contribution in [0.4, 0.5) is 0 Å². The second kappa shape index (κ2) is 6.95. The van der Waals surface area contributed by atoms with Crippen LogP contribution in [0, 0.1) is 0 Å². The summed E-state index contributed by atoms with van der Waals surface area (Å²) in [6, 6.07) is 18.1. The minimum Gasteiger partial charge on any atom is -0.494 e. The molecule has 0 spiro atoms. The van der Waals surface area contributed by atoms with Crippen molar-refractivity contribution >= 4 is 0 Å². The highest BCUT2D eigenvalue weighted by atomic mass is 16.5. The van der Waals surface area contributed by atoms with E-state index in [0.717, 1.165) is 36.3 Å². The summed E-state index contributed by atoms with van der Waals surface area (Å²) in [6.07, 6.45) is 2.24. The Bertz CT molecular complexity index is 478. The van der Waals surface area contributed by atoms with Crippen LogP contribution in [0.2, 0.25) is 0 Å². The number of hydrogen-bond acceptors (Lipinski definition) is 2. The normalized spacial score (nSPS) is 12.1. The molecule has 1 unspecified atom stereocenters. The molecule has 0 aromatic heterocycles. The molecule has 19 heavy (non-hydrogen) atoms. The fourth-order valence-electron chi connectivity index (χ4n) is 1.96. The molecule has 1 atom stereocenters. The minimum absolute atomic E-state index is 0.0779. The van der Waals surface area contributed by atoms with E-state index in [1.165, 1.54) is 0 Å². The van der Waals surface area contributed by atoms with Gasteiger partial charge in [0.15, 0.2) is 0 Å². The van der Waals surface area contributed by atoms with Crippen LogP contribution < -0.4 is 10.5 Å². The minimum atomic E-state index is -0.0779. The molecule has 2 aromatic rings. The molecular formula is C17H21NO. The first kappa shape index (κ1) is 13.6. The fourth-order valence-corrected chi connectivity index (χ4v) is 1.96. The summed E-state index contributed by atoms with van der Waals surface area (Å²) >= 11 is 0. The van der Waals surface area contributed by atoms with Gasteiger partial charge in [-0.25, -0.2) is 0 Å². The Morgan fingerprint density at radius 2 is 1.58 bits per heavy atom. The van der Waals surface area contributed by atoms with Gasteiger partial charge in [-0.3, -0.25) is 0 Å². The molecule has 2 rings (SSSR count). The van der Waals surface area contributed by atoms with E-state index in [2.05, 4.69) is 19.1 Å². The Kier molecular flexibility index (Phi) is 4.99. The molecule has 0 heterocycles. The summed E-state index contributed by atoms with van der Waals surface area (Å²) in [5, 5.41) is 0. The first-order valence-corrected chi connectivity index (χ1v) is 6.84. The van der Waals surface area contributed by atoms with Crippen LogP contribution in [0.5, 0.6) is 5.75 Å². The van der Waals surface area contributed by atoms with Crippen molar-refractivity contribution in [3.8, 4) is 5.75 Å². The maximum atomic E-state index is 6.25. The monoisotopic (exact) mass is 255 g/mol. The van der Waals surface area contributed by atoms with Crippen molar-refractivity contribution in [2.24, 2.45) is 5.73 Å². The van der Waals surface area contributed by atoms with Crippen LogP contribution in [0.25, 0.3) is 0 Å². The zero-order valence-corrected chi connectivity index (χ0v) is 11.4. The Morgan fingerprint density at radius 1 is 0.947 bits per heavy atom. The fraction of sp³-hybridized carbons (Fsp3) is 0.294. The molecule has 2 heteroatoms. The molecule has 2 aromatic carbocycles. The quantitative estimate of drug-likeness (QED) is 0.794. The van der Waals surface area contributed by atoms with E-state index in [1.807, 2.05) is 42.5 Å². The lowest BCUT2D eigenvalue weighted by Gasteiger charge is -2.13. The summed E-state index contributed by atoms with van der Waals surface area (Å²) < 4.78 is 5.65. The van der Waals surface area contributed by atoms with E-state index >= 15 is 0 Å². The lowest BCUT2D eigenvalue weighted by molar-refractivity contribution is 0.309. The highest BCUT2D eigenvalue weighted by Gasteiger charge is 2.08. The van der Waals surface area contributed by atoms with E-state index in [1.54, 1.807) is 0 Å². The van der Waals surface area contributed by atoms with Crippen LogP contribution in [0.1, 0.15) is 36.9 Å². The van der Waals surface area contributed by atoms with Crippen molar-refractivity contribution < 1.29 is 4.74 Å². The lowest BCUT2D eigenvalue weighted by Crippen LogP contribution is -2.11. The average Bonchev–Trinajstić information content (AvgIpc) is 2.48. The second-order valence-corrected chi connectivity index (χ2v) is 4.66. The maximum absolute atomic E-state index is 6.25. The van der Waals surface area contributed by atoms with Gasteiger partial charge in [0, 0.05) is 0 Å². The molecule has 0 saturated carbocycles. The smallest absolute Gasteiger partial charge is 0.119 e. The van der Waals surface area contributed by atoms with Gasteiger partial charge in [-0.1, -0.05) is 55.8 Å². The van der Waals surface area contributed by atoms with Crippen LogP contribution in [0.15, 0.2) is 54.6 Å². The molecule has 100 valence electrons. The predicted octanol–water partition coefficient (Wildman–Crippen LogP) is 3.91. The summed E-state index contributed by atoms with van der Waals surface area (Å²) in [7, 11) is 0. The van der Waals surface area contributed by atoms with Crippen LogP contribution in [-0.4, -0.2) is 6.61 Å². The van der Waals surface area contributed by atoms with Gasteiger partial charge in [-0.2, -0.15) is 0 Å². The number of benzene rings is 2. The summed E-state index contributed by atoms with van der Waals surface area (Å²) in [4.78, 5) is 0. The standard InChI is InChI=1S/C17H21NO/c1-2-3-13-19-16-11-9-15(10-12-16)17(18)14-7-5-4-6-8-14/h4-12,17H,2-3,13,18H2,1H3. The third-order valence-electron chi connectivity index (χ3n) is 3.16. The first-order valence-electron chi connectivity index (χ1n) is 6.84. The number of rotatable bonds is 6. The molecule has 0 radical (unpaired) electrons. The number of unbranched alkanes of at least 4 members (excludes halogenated alkanes) is 1. The Hall–Kier alpha value is -1.80. The largest absolute Gasteiger partial charge is 0.494 e. The first-order chi connectivity index (χ1) is 9.31. The summed E-state index contributed by atoms with van der Waals surface area (Å²) in [5.41, 5.74) is 8.48. The molecule has 0 aliphatic carbocycles. The summed E-state index contributed by atoms with van der Waals surface area (Å²) in [5.74, 6) is 0.914. The SMILES string of the molecule is CCCCOc1ccc(C(N)c2ccccc2)cc1. The van der Waals surface area contributed by atoms with Gasteiger partial charge in [-0.15, -0.1) is 0 Å². The zero-order chi connectivity index (χ0) is 13.5. The van der Waals surface area contributed by atoms with Gasteiger partial charge >= 0.3 is 0 Å². The maximum Gasteiger partial charge on any atom is 0.119 e. The van der Waals surface area contributed by atoms with Gasteiger partial charge in [0.2, 0.25) is 0 Å². The van der Waals surface area contributed by atoms with Crippen LogP contribution >= 0.6 is 0 Å². The van der Waals surface area contributed by atoms with E-state index < -0.39 is 0 Å². The number of hydrogen-bond donors (Lipinski definition) is 1. The van der Waals surface area contributed by atoms with Gasteiger partial charge < -0.3 is 10.5 Å². The topological polar surface area (TPSA) is 35.2 Å². The highest BCUT2D eigenvalue weighted by molar-refractivity contribution is 5.34. The van der Waals surface area contributed by atoms with E-state index in [-0.39, 0.29) is 6.04 Å². The van der Waals surface area contributed by atoms with Crippen molar-refractivity contribution in [1.82, 2.24) is 0 Å². The van der Waals surface area contributed by atoms with Crippen LogP contribution in [-0.2, 0) is 0 Å². The third kappa shape index (κ3) is 3.83. The van der Waals surface area contributed by atoms with Gasteiger partial charge in [0.25, 0.3) is 0 Å². The number of nitrogens with two attached hydrogens (primary N) is 1. The Labute approximate surface area is 115 Å². The lowest BCUT2D eigenvalue weighted by atomic mass is 10.00. The van der Waals surface area contributed by atoms with Gasteiger partial charge in [-0.05, 0) is 29.7 Å². The van der Waals surface area contributed by atoms with Gasteiger partial charge in [0.05, 0.1) is 12.6 Å². The van der Waals surface area contributed by atoms with Crippen molar-refractivity contribution in [3.05, 3.63) is 65.7 Å². The van der Waals surface area contributed by atoms with Crippen molar-refractivity contribution in [3.63, 3.8) is 0 Å². The molecule has 0 amide bonds. The molecule has 0 aliphatic rings. The Balaban J connectivity index is 2.02. The molecule has 2 nitrogen and oxygen atoms in total. The third-order valence-corrected chi connectivity index (χ3v) is 3.16. The Morgan fingerprint density at radius 3 is 2.21 bits per heavy atom. The van der Waals surface area contributed by atoms with E-state index in [4.69, 9.17) is 10.5 Å². The van der Waals surface area contributed by atoms with Crippen molar-refractivity contribution in [2.75, 3.05) is 6.61 Å². The molecule has 0 fully saturated rings. The molecule has 2 N–H and O–H groups in total. The van der Waals surface area contributed by atoms with Crippen molar-refractivity contribution in [2.45, 2.75) is 25.8 Å². The molecule has 0 saturated heterocycles. The van der Waals surface area contributed by atoms with Crippen molar-refractivity contribution in [1.29, 1.82) is 0 Å². The van der Waals surface area contributed by atoms with Crippen LogP contribution in [0.3, 0.4) is 0 Å². The number of ether oxygens (including phenoxy) is 1. The highest BCUT2D eigenvalue weighted by Crippen LogP contribution is 2.21. The average molecular weight is 255 g/mol. The molecule has 0 aliphatic heterocycles. The van der Waals surface area contributed by atoms with Gasteiger partial charge in [0.1, 0.15) is 5.75 Å². The molecular weight excluding hydrogens is 234 g/mol. The van der Waals surface area contributed by atoms with E-state index in [0.29, 0.717) is 0 Å².